The third-order valence-electron chi connectivity index (χ3n) is 2.87. The van der Waals surface area contributed by atoms with Crippen LogP contribution < -0.4 is 0 Å². The summed E-state index contributed by atoms with van der Waals surface area (Å²) in [5.74, 6) is 0.330. The molecule has 0 aliphatic heterocycles. The Morgan fingerprint density at radius 2 is 2.00 bits per heavy atom. The second-order valence-electron chi connectivity index (χ2n) is 4.40. The fraction of sp³-hybridized carbons (Fsp3) is 0.188. The van der Waals surface area contributed by atoms with Crippen LogP contribution in [0.4, 0.5) is 0 Å². The smallest absolute Gasteiger partial charge is 0.339 e. The molecule has 2 rings (SSSR count). The largest absolute Gasteiger partial charge is 0.465 e. The van der Waals surface area contributed by atoms with Gasteiger partial charge in [0.25, 0.3) is 0 Å². The Labute approximate surface area is 127 Å². The minimum atomic E-state index is -0.393. The molecule has 1 aromatic heterocycles. The molecule has 1 aromatic carbocycles. The van der Waals surface area contributed by atoms with E-state index in [1.54, 1.807) is 36.9 Å². The lowest BCUT2D eigenvalue weighted by molar-refractivity contribution is 0.0600. The molecule has 5 heteroatoms. The minimum absolute atomic E-state index is 0.0537. The van der Waals surface area contributed by atoms with E-state index < -0.39 is 5.97 Å². The first-order valence-electron chi connectivity index (χ1n) is 6.37. The molecule has 0 amide bonds. The fourth-order valence-corrected chi connectivity index (χ4v) is 2.58. The molecule has 0 fully saturated rings. The monoisotopic (exact) mass is 301 g/mol. The zero-order chi connectivity index (χ0) is 15.2. The van der Waals surface area contributed by atoms with Crippen molar-refractivity contribution in [3.63, 3.8) is 0 Å². The summed E-state index contributed by atoms with van der Waals surface area (Å²) >= 11 is 1.59. The second kappa shape index (κ2) is 7.04. The van der Waals surface area contributed by atoms with Gasteiger partial charge in [-0.1, -0.05) is 12.1 Å². The van der Waals surface area contributed by atoms with Gasteiger partial charge in [0.2, 0.25) is 0 Å². The topological polar surface area (TPSA) is 56.3 Å². The van der Waals surface area contributed by atoms with Gasteiger partial charge in [-0.15, -0.1) is 11.8 Å². The highest BCUT2D eigenvalue weighted by Gasteiger charge is 2.06. The van der Waals surface area contributed by atoms with Gasteiger partial charge in [0.1, 0.15) is 0 Å². The van der Waals surface area contributed by atoms with E-state index in [2.05, 4.69) is 9.72 Å². The molecule has 2 aromatic rings. The molecule has 0 saturated heterocycles. The van der Waals surface area contributed by atoms with E-state index in [1.807, 2.05) is 18.2 Å². The van der Waals surface area contributed by atoms with E-state index in [1.165, 1.54) is 13.3 Å². The van der Waals surface area contributed by atoms with Gasteiger partial charge in [-0.2, -0.15) is 0 Å². The molecule has 0 aliphatic rings. The van der Waals surface area contributed by atoms with Crippen LogP contribution in [-0.4, -0.2) is 23.8 Å². The van der Waals surface area contributed by atoms with Crippen LogP contribution in [0.15, 0.2) is 47.5 Å². The average Bonchev–Trinajstić information content (AvgIpc) is 2.53. The average molecular weight is 301 g/mol. The Balaban J connectivity index is 2.01. The van der Waals surface area contributed by atoms with Crippen LogP contribution in [0.1, 0.15) is 33.3 Å². The van der Waals surface area contributed by atoms with Crippen molar-refractivity contribution >= 4 is 23.5 Å². The number of nitrogens with zero attached hydrogens (tertiary/aromatic N) is 1. The number of rotatable bonds is 5. The molecule has 0 unspecified atom stereocenters. The van der Waals surface area contributed by atoms with Gasteiger partial charge in [-0.25, -0.2) is 4.79 Å². The van der Waals surface area contributed by atoms with E-state index in [9.17, 15) is 9.59 Å². The molecule has 0 bridgehead atoms. The van der Waals surface area contributed by atoms with E-state index in [0.717, 1.165) is 10.6 Å². The third kappa shape index (κ3) is 4.16. The van der Waals surface area contributed by atoms with E-state index in [4.69, 9.17) is 0 Å². The molecule has 0 aliphatic carbocycles. The maximum Gasteiger partial charge on any atom is 0.339 e. The highest BCUT2D eigenvalue weighted by atomic mass is 32.2. The summed E-state index contributed by atoms with van der Waals surface area (Å²) in [6.45, 7) is 1.55. The number of hydrogen-bond donors (Lipinski definition) is 0. The number of carbonyl (C=O) groups excluding carboxylic acids is 2. The van der Waals surface area contributed by atoms with Crippen molar-refractivity contribution in [3.8, 4) is 0 Å². The summed E-state index contributed by atoms with van der Waals surface area (Å²) in [5.41, 5.74) is 2.00. The molecule has 21 heavy (non-hydrogen) atoms. The number of esters is 1. The summed E-state index contributed by atoms with van der Waals surface area (Å²) < 4.78 is 4.62. The zero-order valence-electron chi connectivity index (χ0n) is 11.8. The predicted molar refractivity (Wildman–Crippen MR) is 81.6 cm³/mol. The van der Waals surface area contributed by atoms with Gasteiger partial charge in [-0.3, -0.25) is 9.78 Å². The first-order valence-corrected chi connectivity index (χ1v) is 7.36. The van der Waals surface area contributed by atoms with Crippen molar-refractivity contribution < 1.29 is 14.3 Å². The van der Waals surface area contributed by atoms with Crippen molar-refractivity contribution in [2.45, 2.75) is 17.6 Å². The molecule has 0 atom stereocenters. The Kier molecular flexibility index (Phi) is 5.11. The van der Waals surface area contributed by atoms with Gasteiger partial charge in [0, 0.05) is 22.4 Å². The predicted octanol–water partition coefficient (Wildman–Crippen LogP) is 3.36. The number of methoxy groups -OCH3 is 1. The van der Waals surface area contributed by atoms with Crippen molar-refractivity contribution in [1.29, 1.82) is 0 Å². The number of ketones is 1. The fourth-order valence-electron chi connectivity index (χ4n) is 1.71. The van der Waals surface area contributed by atoms with Crippen molar-refractivity contribution in [3.05, 3.63) is 59.4 Å². The minimum Gasteiger partial charge on any atom is -0.465 e. The number of benzene rings is 1. The van der Waals surface area contributed by atoms with E-state index in [-0.39, 0.29) is 5.78 Å². The number of Topliss-reactive ketones (excluding diaryl/α,β-unsaturated/α-hetero) is 1. The van der Waals surface area contributed by atoms with E-state index in [0.29, 0.717) is 16.9 Å². The van der Waals surface area contributed by atoms with Crippen LogP contribution in [-0.2, 0) is 10.5 Å². The number of pyridine rings is 1. The van der Waals surface area contributed by atoms with E-state index >= 15 is 0 Å². The lowest BCUT2D eigenvalue weighted by atomic mass is 10.2. The number of thioether (sulfide) groups is 1. The zero-order valence-corrected chi connectivity index (χ0v) is 12.6. The van der Waals surface area contributed by atoms with Crippen LogP contribution in [0.25, 0.3) is 0 Å². The SMILES string of the molecule is COC(=O)c1ccc(CSc2cccc(C(C)=O)c2)nc1. The Morgan fingerprint density at radius 1 is 1.19 bits per heavy atom. The third-order valence-corrected chi connectivity index (χ3v) is 3.90. The highest BCUT2D eigenvalue weighted by Crippen LogP contribution is 2.23. The highest BCUT2D eigenvalue weighted by molar-refractivity contribution is 7.98. The number of carbonyl (C=O) groups is 2. The maximum atomic E-state index is 11.3. The molecule has 108 valence electrons. The first-order chi connectivity index (χ1) is 10.1. The lowest BCUT2D eigenvalue weighted by Gasteiger charge is -2.04. The van der Waals surface area contributed by atoms with Crippen LogP contribution in [0, 0.1) is 0 Å². The summed E-state index contributed by atoms with van der Waals surface area (Å²) in [6, 6.07) is 11.0. The first kappa shape index (κ1) is 15.3. The molecule has 0 N–H and O–H groups in total. The van der Waals surface area contributed by atoms with Crippen LogP contribution in [0.5, 0.6) is 0 Å². The lowest BCUT2D eigenvalue weighted by Crippen LogP contribution is -2.02. The molecule has 1 heterocycles. The maximum absolute atomic E-state index is 11.3. The Hall–Kier alpha value is -2.14. The summed E-state index contributed by atoms with van der Waals surface area (Å²) in [5, 5.41) is 0. The van der Waals surface area contributed by atoms with Crippen molar-refractivity contribution in [2.75, 3.05) is 7.11 Å². The standard InChI is InChI=1S/C16H15NO3S/c1-11(18)12-4-3-5-15(8-12)21-10-14-7-6-13(9-17-14)16(19)20-2/h3-9H,10H2,1-2H3. The number of ether oxygens (including phenoxy) is 1. The van der Waals surface area contributed by atoms with Crippen molar-refractivity contribution in [2.24, 2.45) is 0 Å². The second-order valence-corrected chi connectivity index (χ2v) is 5.45. The van der Waals surface area contributed by atoms with Gasteiger partial charge >= 0.3 is 5.97 Å². The Morgan fingerprint density at radius 3 is 2.62 bits per heavy atom. The van der Waals surface area contributed by atoms with Gasteiger partial charge in [0.15, 0.2) is 5.78 Å². The van der Waals surface area contributed by atoms with Crippen molar-refractivity contribution in [1.82, 2.24) is 4.98 Å². The van der Waals surface area contributed by atoms with Gasteiger partial charge < -0.3 is 4.74 Å². The van der Waals surface area contributed by atoms with Crippen LogP contribution in [0.3, 0.4) is 0 Å². The summed E-state index contributed by atoms with van der Waals surface area (Å²) in [7, 11) is 1.34. The molecule has 4 nitrogen and oxygen atoms in total. The summed E-state index contributed by atoms with van der Waals surface area (Å²) in [4.78, 5) is 27.9. The molecule has 0 spiro atoms. The normalized spacial score (nSPS) is 10.2. The van der Waals surface area contributed by atoms with Crippen LogP contribution in [0.2, 0.25) is 0 Å². The molecular weight excluding hydrogens is 286 g/mol. The molecule has 0 radical (unpaired) electrons. The van der Waals surface area contributed by atoms with Crippen LogP contribution >= 0.6 is 11.8 Å². The van der Waals surface area contributed by atoms with Gasteiger partial charge in [-0.05, 0) is 31.2 Å². The number of hydrogen-bond acceptors (Lipinski definition) is 5. The Bertz CT molecular complexity index is 653. The molecular formula is C16H15NO3S. The van der Waals surface area contributed by atoms with Gasteiger partial charge in [0.05, 0.1) is 18.4 Å². The molecule has 0 saturated carbocycles. The quantitative estimate of drug-likeness (QED) is 0.481. The summed E-state index contributed by atoms with van der Waals surface area (Å²) in [6.07, 6.45) is 1.51. The number of aromatic nitrogens is 1.